The Hall–Kier alpha value is -3.34. The monoisotopic (exact) mass is 421 g/mol. The van der Waals surface area contributed by atoms with Crippen LogP contribution in [-0.4, -0.2) is 13.0 Å². The molecule has 4 nitrogen and oxygen atoms in total. The molecule has 0 spiro atoms. The number of ether oxygens (including phenoxy) is 2. The molecule has 0 bridgehead atoms. The normalized spacial score (nSPS) is 11.7. The van der Waals surface area contributed by atoms with Crippen LogP contribution < -0.4 is 14.8 Å². The summed E-state index contributed by atoms with van der Waals surface area (Å²) in [7, 11) is 1.59. The number of nitrogens with one attached hydrogen (secondary N) is 1. The molecular formula is C26H28FNO3. The maximum absolute atomic E-state index is 13.1. The first-order valence-corrected chi connectivity index (χ1v) is 10.2. The number of hydrogen-bond acceptors (Lipinski definition) is 3. The lowest BCUT2D eigenvalue weighted by Crippen LogP contribution is -2.26. The van der Waals surface area contributed by atoms with Gasteiger partial charge in [0.1, 0.15) is 23.9 Å². The summed E-state index contributed by atoms with van der Waals surface area (Å²) in [5, 5.41) is 2.95. The van der Waals surface area contributed by atoms with Gasteiger partial charge in [-0.25, -0.2) is 4.39 Å². The molecule has 0 saturated heterocycles. The zero-order valence-corrected chi connectivity index (χ0v) is 18.6. The number of halogens is 1. The number of amides is 1. The van der Waals surface area contributed by atoms with Crippen LogP contribution in [0.15, 0.2) is 54.6 Å². The quantitative estimate of drug-likeness (QED) is 0.522. The maximum atomic E-state index is 13.1. The summed E-state index contributed by atoms with van der Waals surface area (Å²) < 4.78 is 24.7. The second-order valence-corrected chi connectivity index (χ2v) is 7.77. The van der Waals surface area contributed by atoms with Crippen LogP contribution in [-0.2, 0) is 6.61 Å². The van der Waals surface area contributed by atoms with Crippen LogP contribution in [0.5, 0.6) is 11.5 Å². The Bertz CT molecular complexity index is 1080. The van der Waals surface area contributed by atoms with Gasteiger partial charge < -0.3 is 14.8 Å². The van der Waals surface area contributed by atoms with Gasteiger partial charge in [0, 0.05) is 11.1 Å². The lowest BCUT2D eigenvalue weighted by atomic mass is 10.1. The highest BCUT2D eigenvalue weighted by Gasteiger charge is 2.15. The van der Waals surface area contributed by atoms with Gasteiger partial charge in [0.2, 0.25) is 0 Å². The molecule has 3 aromatic rings. The molecule has 0 aliphatic carbocycles. The van der Waals surface area contributed by atoms with Crippen LogP contribution in [0.3, 0.4) is 0 Å². The second-order valence-electron chi connectivity index (χ2n) is 7.77. The van der Waals surface area contributed by atoms with E-state index in [2.05, 4.69) is 18.3 Å². The molecule has 0 heterocycles. The Morgan fingerprint density at radius 2 is 1.71 bits per heavy atom. The first-order valence-electron chi connectivity index (χ1n) is 10.2. The van der Waals surface area contributed by atoms with Crippen LogP contribution >= 0.6 is 0 Å². The molecule has 0 radical (unpaired) electrons. The van der Waals surface area contributed by atoms with Crippen molar-refractivity contribution >= 4 is 5.91 Å². The molecule has 1 N–H and O–H groups in total. The van der Waals surface area contributed by atoms with Gasteiger partial charge in [-0.15, -0.1) is 0 Å². The van der Waals surface area contributed by atoms with Crippen molar-refractivity contribution in [2.24, 2.45) is 0 Å². The van der Waals surface area contributed by atoms with Crippen molar-refractivity contribution in [1.29, 1.82) is 0 Å². The molecule has 3 aromatic carbocycles. The van der Waals surface area contributed by atoms with Crippen molar-refractivity contribution in [2.75, 3.05) is 7.11 Å². The third-order valence-corrected chi connectivity index (χ3v) is 5.41. The molecule has 3 rings (SSSR count). The molecule has 5 heteroatoms. The van der Waals surface area contributed by atoms with E-state index in [0.29, 0.717) is 11.3 Å². The minimum atomic E-state index is -0.305. The molecule has 0 fully saturated rings. The summed E-state index contributed by atoms with van der Waals surface area (Å²) in [4.78, 5) is 12.8. The van der Waals surface area contributed by atoms with Gasteiger partial charge >= 0.3 is 0 Å². The number of hydrogen-bond donors (Lipinski definition) is 1. The number of benzene rings is 3. The second kappa shape index (κ2) is 9.65. The van der Waals surface area contributed by atoms with Gasteiger partial charge in [0.25, 0.3) is 5.91 Å². The maximum Gasteiger partial charge on any atom is 0.251 e. The zero-order chi connectivity index (χ0) is 22.5. The fourth-order valence-electron chi connectivity index (χ4n) is 3.45. The number of carbonyl (C=O) groups is 1. The lowest BCUT2D eigenvalue weighted by Gasteiger charge is -2.17. The van der Waals surface area contributed by atoms with E-state index >= 15 is 0 Å². The molecule has 0 aliphatic rings. The molecule has 0 aliphatic heterocycles. The summed E-state index contributed by atoms with van der Waals surface area (Å²) in [6.45, 7) is 8.27. The van der Waals surface area contributed by atoms with E-state index in [9.17, 15) is 9.18 Å². The predicted molar refractivity (Wildman–Crippen MR) is 120 cm³/mol. The third-order valence-electron chi connectivity index (χ3n) is 5.41. The summed E-state index contributed by atoms with van der Waals surface area (Å²) in [5.41, 5.74) is 5.51. The summed E-state index contributed by atoms with van der Waals surface area (Å²) in [5.74, 6) is 0.953. The average Bonchev–Trinajstić information content (AvgIpc) is 2.75. The highest BCUT2D eigenvalue weighted by molar-refractivity contribution is 5.94. The van der Waals surface area contributed by atoms with Gasteiger partial charge in [0.05, 0.1) is 13.2 Å². The van der Waals surface area contributed by atoms with E-state index in [-0.39, 0.29) is 24.4 Å². The molecule has 162 valence electrons. The summed E-state index contributed by atoms with van der Waals surface area (Å²) >= 11 is 0. The molecule has 1 atom stereocenters. The smallest absolute Gasteiger partial charge is 0.251 e. The Morgan fingerprint density at radius 3 is 2.39 bits per heavy atom. The highest BCUT2D eigenvalue weighted by atomic mass is 19.1. The van der Waals surface area contributed by atoms with E-state index in [4.69, 9.17) is 9.47 Å². The van der Waals surface area contributed by atoms with Crippen molar-refractivity contribution in [3.05, 3.63) is 93.8 Å². The molecule has 0 aromatic heterocycles. The zero-order valence-electron chi connectivity index (χ0n) is 18.6. The van der Waals surface area contributed by atoms with Crippen LogP contribution in [0.1, 0.15) is 51.1 Å². The topological polar surface area (TPSA) is 47.6 Å². The van der Waals surface area contributed by atoms with E-state index in [1.807, 2.05) is 26.8 Å². The highest BCUT2D eigenvalue weighted by Crippen LogP contribution is 2.27. The van der Waals surface area contributed by atoms with Crippen molar-refractivity contribution in [2.45, 2.75) is 40.3 Å². The molecule has 0 saturated carbocycles. The van der Waals surface area contributed by atoms with E-state index in [0.717, 1.165) is 28.0 Å². The van der Waals surface area contributed by atoms with Crippen LogP contribution in [0, 0.1) is 26.6 Å². The van der Waals surface area contributed by atoms with E-state index in [1.54, 1.807) is 37.4 Å². The van der Waals surface area contributed by atoms with Gasteiger partial charge in [-0.05, 0) is 86.3 Å². The van der Waals surface area contributed by atoms with Crippen molar-refractivity contribution in [1.82, 2.24) is 5.32 Å². The van der Waals surface area contributed by atoms with E-state index < -0.39 is 0 Å². The Kier molecular flexibility index (Phi) is 6.95. The first kappa shape index (κ1) is 22.3. The number of carbonyl (C=O) groups excluding carboxylic acids is 1. The Labute approximate surface area is 183 Å². The molecule has 0 unspecified atom stereocenters. The minimum absolute atomic E-state index is 0.219. The van der Waals surface area contributed by atoms with Crippen LogP contribution in [0.25, 0.3) is 0 Å². The van der Waals surface area contributed by atoms with Crippen molar-refractivity contribution in [3.8, 4) is 11.5 Å². The fourth-order valence-corrected chi connectivity index (χ4v) is 3.45. The summed E-state index contributed by atoms with van der Waals surface area (Å²) in [6, 6.07) is 15.2. The number of aryl methyl sites for hydroxylation is 2. The Balaban J connectivity index is 1.76. The SMILES string of the molecule is COc1ccc(C(=O)N[C@@H](C)c2ccc(F)cc2)cc1COc1cc(C)cc(C)c1C. The average molecular weight is 422 g/mol. The standard InChI is InChI=1S/C26H28FNO3/c1-16-12-17(2)18(3)25(13-16)31-15-22-14-21(8-11-24(22)30-5)26(29)28-19(4)20-6-9-23(27)10-7-20/h6-14,19H,15H2,1-5H3,(H,28,29)/t19-/m0/s1. The van der Waals surface area contributed by atoms with E-state index in [1.165, 1.54) is 17.7 Å². The first-order chi connectivity index (χ1) is 14.8. The number of rotatable bonds is 7. The van der Waals surface area contributed by atoms with Gasteiger partial charge in [-0.2, -0.15) is 0 Å². The predicted octanol–water partition coefficient (Wildman–Crippen LogP) is 5.83. The minimum Gasteiger partial charge on any atom is -0.496 e. The Morgan fingerprint density at radius 1 is 1.00 bits per heavy atom. The lowest BCUT2D eigenvalue weighted by molar-refractivity contribution is 0.0939. The number of methoxy groups -OCH3 is 1. The molecular weight excluding hydrogens is 393 g/mol. The van der Waals surface area contributed by atoms with Crippen molar-refractivity contribution < 1.29 is 18.7 Å². The van der Waals surface area contributed by atoms with Crippen LogP contribution in [0.2, 0.25) is 0 Å². The van der Waals surface area contributed by atoms with Crippen molar-refractivity contribution in [3.63, 3.8) is 0 Å². The van der Waals surface area contributed by atoms with Gasteiger partial charge in [-0.1, -0.05) is 18.2 Å². The third kappa shape index (κ3) is 5.43. The van der Waals surface area contributed by atoms with Crippen LogP contribution in [0.4, 0.5) is 4.39 Å². The summed E-state index contributed by atoms with van der Waals surface area (Å²) in [6.07, 6.45) is 0. The van der Waals surface area contributed by atoms with Gasteiger partial charge in [0.15, 0.2) is 0 Å². The fraction of sp³-hybridized carbons (Fsp3) is 0.269. The van der Waals surface area contributed by atoms with Gasteiger partial charge in [-0.3, -0.25) is 4.79 Å². The molecule has 1 amide bonds. The largest absolute Gasteiger partial charge is 0.496 e. The molecule has 31 heavy (non-hydrogen) atoms.